The second kappa shape index (κ2) is 7.32. The van der Waals surface area contributed by atoms with Crippen molar-refractivity contribution in [2.45, 2.75) is 6.92 Å². The van der Waals surface area contributed by atoms with Gasteiger partial charge < -0.3 is 16.4 Å². The van der Waals surface area contributed by atoms with E-state index in [1.165, 1.54) is 29.0 Å². The minimum atomic E-state index is -0.249. The fourth-order valence-corrected chi connectivity index (χ4v) is 4.63. The molecule has 10 heteroatoms. The van der Waals surface area contributed by atoms with Crippen LogP contribution in [-0.2, 0) is 0 Å². The highest BCUT2D eigenvalue weighted by Gasteiger charge is 2.18. The number of hydrogen-bond acceptors (Lipinski definition) is 9. The van der Waals surface area contributed by atoms with E-state index < -0.39 is 0 Å². The Morgan fingerprint density at radius 2 is 2.03 bits per heavy atom. The summed E-state index contributed by atoms with van der Waals surface area (Å²) in [6.07, 6.45) is 6.44. The van der Waals surface area contributed by atoms with Crippen molar-refractivity contribution in [1.82, 2.24) is 19.9 Å². The normalized spacial score (nSPS) is 11.1. The van der Waals surface area contributed by atoms with Gasteiger partial charge in [-0.3, -0.25) is 4.79 Å². The van der Waals surface area contributed by atoms with Crippen molar-refractivity contribution in [2.75, 3.05) is 16.4 Å². The van der Waals surface area contributed by atoms with Crippen molar-refractivity contribution < 1.29 is 4.79 Å². The standard InChI is InChI=1S/C20H15N7OS2/c1-10-2-3-11-15(13(21)6-24-18(11)27-20-23-4-5-29-20)16(10)26-19(28)12-8-30-14-7-22-9-25-17(12)14/h2-9H,21H2,1H3,(H,26,28)(H,23,24,27). The summed E-state index contributed by atoms with van der Waals surface area (Å²) < 4.78 is 0.857. The van der Waals surface area contributed by atoms with Crippen LogP contribution in [0.25, 0.3) is 21.0 Å². The summed E-state index contributed by atoms with van der Waals surface area (Å²) >= 11 is 2.91. The molecule has 0 radical (unpaired) electrons. The average Bonchev–Trinajstić information content (AvgIpc) is 3.41. The van der Waals surface area contributed by atoms with Gasteiger partial charge in [0.15, 0.2) is 5.13 Å². The van der Waals surface area contributed by atoms with Gasteiger partial charge in [-0.2, -0.15) is 0 Å². The lowest BCUT2D eigenvalue weighted by molar-refractivity contribution is 0.102. The molecular weight excluding hydrogens is 418 g/mol. The summed E-state index contributed by atoms with van der Waals surface area (Å²) in [5.41, 5.74) is 9.43. The van der Waals surface area contributed by atoms with Crippen molar-refractivity contribution in [3.8, 4) is 0 Å². The van der Waals surface area contributed by atoms with Crippen LogP contribution in [0, 0.1) is 6.92 Å². The van der Waals surface area contributed by atoms with Gasteiger partial charge in [-0.15, -0.1) is 22.7 Å². The van der Waals surface area contributed by atoms with Crippen LogP contribution in [-0.4, -0.2) is 25.8 Å². The molecule has 5 rings (SSSR count). The number of nitrogens with two attached hydrogens (primary N) is 1. The van der Waals surface area contributed by atoms with E-state index in [9.17, 15) is 4.79 Å². The van der Waals surface area contributed by atoms with Crippen molar-refractivity contribution in [3.05, 3.63) is 58.9 Å². The summed E-state index contributed by atoms with van der Waals surface area (Å²) in [7, 11) is 0. The summed E-state index contributed by atoms with van der Waals surface area (Å²) in [6, 6.07) is 3.87. The molecule has 4 heterocycles. The van der Waals surface area contributed by atoms with E-state index in [1.54, 1.807) is 24.0 Å². The Bertz CT molecular complexity index is 1400. The van der Waals surface area contributed by atoms with E-state index in [2.05, 4.69) is 30.6 Å². The molecule has 0 saturated heterocycles. The van der Waals surface area contributed by atoms with Crippen molar-refractivity contribution in [1.29, 1.82) is 0 Å². The number of nitrogens with zero attached hydrogens (tertiary/aromatic N) is 4. The van der Waals surface area contributed by atoms with Gasteiger partial charge in [0, 0.05) is 33.9 Å². The molecule has 0 aliphatic rings. The number of carbonyl (C=O) groups is 1. The highest BCUT2D eigenvalue weighted by molar-refractivity contribution is 7.17. The zero-order valence-electron chi connectivity index (χ0n) is 15.7. The molecule has 0 unspecified atom stereocenters. The zero-order valence-corrected chi connectivity index (χ0v) is 17.3. The molecule has 0 saturated carbocycles. The lowest BCUT2D eigenvalue weighted by Gasteiger charge is -2.15. The monoisotopic (exact) mass is 433 g/mol. The van der Waals surface area contributed by atoms with Gasteiger partial charge in [-0.25, -0.2) is 19.9 Å². The number of benzene rings is 1. The largest absolute Gasteiger partial charge is 0.397 e. The number of thiazole rings is 1. The number of rotatable bonds is 4. The summed E-state index contributed by atoms with van der Waals surface area (Å²) in [4.78, 5) is 30.0. The molecule has 30 heavy (non-hydrogen) atoms. The molecule has 5 aromatic rings. The number of nitrogens with one attached hydrogen (secondary N) is 2. The van der Waals surface area contributed by atoms with Gasteiger partial charge >= 0.3 is 0 Å². The SMILES string of the molecule is Cc1ccc2c(Nc3nccs3)ncc(N)c2c1NC(=O)c1csc2cncnc12. The average molecular weight is 434 g/mol. The van der Waals surface area contributed by atoms with Gasteiger partial charge in [0.1, 0.15) is 12.1 Å². The Balaban J connectivity index is 1.60. The molecule has 0 aliphatic heterocycles. The maximum atomic E-state index is 13.1. The predicted octanol–water partition coefficient (Wildman–Crippen LogP) is 4.58. The number of thiophene rings is 1. The number of aryl methyl sites for hydroxylation is 1. The topological polar surface area (TPSA) is 119 Å². The van der Waals surface area contributed by atoms with Crippen molar-refractivity contribution in [3.63, 3.8) is 0 Å². The van der Waals surface area contributed by atoms with E-state index in [4.69, 9.17) is 5.73 Å². The fraction of sp³-hybridized carbons (Fsp3) is 0.0500. The van der Waals surface area contributed by atoms with E-state index >= 15 is 0 Å². The lowest BCUT2D eigenvalue weighted by Crippen LogP contribution is -2.13. The van der Waals surface area contributed by atoms with E-state index in [-0.39, 0.29) is 5.91 Å². The first-order valence-electron chi connectivity index (χ1n) is 8.94. The quantitative estimate of drug-likeness (QED) is 0.379. The number of carbonyl (C=O) groups excluding carboxylic acids is 1. The van der Waals surface area contributed by atoms with Crippen LogP contribution in [0.1, 0.15) is 15.9 Å². The van der Waals surface area contributed by atoms with Gasteiger partial charge in [0.05, 0.1) is 33.4 Å². The van der Waals surface area contributed by atoms with Gasteiger partial charge in [0.25, 0.3) is 5.91 Å². The van der Waals surface area contributed by atoms with E-state index in [0.717, 1.165) is 26.2 Å². The molecular formula is C20H15N7OS2. The third-order valence-electron chi connectivity index (χ3n) is 4.67. The Morgan fingerprint density at radius 1 is 1.13 bits per heavy atom. The van der Waals surface area contributed by atoms with Crippen LogP contribution in [0.3, 0.4) is 0 Å². The molecule has 8 nitrogen and oxygen atoms in total. The second-order valence-electron chi connectivity index (χ2n) is 6.54. The molecule has 0 fully saturated rings. The van der Waals surface area contributed by atoms with Crippen LogP contribution >= 0.6 is 22.7 Å². The number of nitrogen functional groups attached to an aromatic ring is 1. The van der Waals surface area contributed by atoms with Crippen molar-refractivity contribution >= 4 is 71.9 Å². The first-order chi connectivity index (χ1) is 14.6. The molecule has 0 aliphatic carbocycles. The Morgan fingerprint density at radius 3 is 2.87 bits per heavy atom. The maximum Gasteiger partial charge on any atom is 0.258 e. The Kier molecular flexibility index (Phi) is 4.49. The molecule has 1 aromatic carbocycles. The predicted molar refractivity (Wildman–Crippen MR) is 122 cm³/mol. The number of anilines is 4. The molecule has 4 N–H and O–H groups in total. The summed E-state index contributed by atoms with van der Waals surface area (Å²) in [6.45, 7) is 1.93. The number of pyridine rings is 1. The number of hydrogen-bond donors (Lipinski definition) is 3. The van der Waals surface area contributed by atoms with Crippen LogP contribution in [0.15, 0.2) is 47.8 Å². The fourth-order valence-electron chi connectivity index (χ4n) is 3.24. The van der Waals surface area contributed by atoms with E-state index in [1.807, 2.05) is 24.4 Å². The van der Waals surface area contributed by atoms with Gasteiger partial charge in [-0.05, 0) is 12.5 Å². The smallest absolute Gasteiger partial charge is 0.258 e. The zero-order chi connectivity index (χ0) is 20.7. The number of fused-ring (bicyclic) bond motifs is 2. The molecule has 148 valence electrons. The molecule has 1 amide bonds. The first-order valence-corrected chi connectivity index (χ1v) is 10.7. The molecule has 0 atom stereocenters. The number of aromatic nitrogens is 4. The van der Waals surface area contributed by atoms with E-state index in [0.29, 0.717) is 28.3 Å². The van der Waals surface area contributed by atoms with Crippen molar-refractivity contribution in [2.24, 2.45) is 0 Å². The Labute approximate surface area is 178 Å². The third-order valence-corrected chi connectivity index (χ3v) is 6.26. The van der Waals surface area contributed by atoms with Gasteiger partial charge in [-0.1, -0.05) is 12.1 Å². The molecule has 0 spiro atoms. The summed E-state index contributed by atoms with van der Waals surface area (Å²) in [5.74, 6) is 0.375. The van der Waals surface area contributed by atoms with Gasteiger partial charge in [0.2, 0.25) is 0 Å². The lowest BCUT2D eigenvalue weighted by atomic mass is 10.0. The molecule has 4 aromatic heterocycles. The molecule has 0 bridgehead atoms. The van der Waals surface area contributed by atoms with Crippen LogP contribution in [0.5, 0.6) is 0 Å². The third kappa shape index (κ3) is 3.11. The van der Waals surface area contributed by atoms with Crippen LogP contribution in [0.4, 0.5) is 22.3 Å². The highest BCUT2D eigenvalue weighted by atomic mass is 32.1. The minimum Gasteiger partial charge on any atom is -0.397 e. The number of amides is 1. The van der Waals surface area contributed by atoms with Crippen LogP contribution in [0.2, 0.25) is 0 Å². The van der Waals surface area contributed by atoms with Crippen LogP contribution < -0.4 is 16.4 Å². The minimum absolute atomic E-state index is 0.249. The Hall–Kier alpha value is -3.63. The second-order valence-corrected chi connectivity index (χ2v) is 8.35. The summed E-state index contributed by atoms with van der Waals surface area (Å²) in [5, 5.41) is 12.2. The maximum absolute atomic E-state index is 13.1. The highest BCUT2D eigenvalue weighted by Crippen LogP contribution is 2.36. The first kappa shape index (κ1) is 18.4.